The fraction of sp³-hybridized carbons (Fsp3) is 0.292. The smallest absolute Gasteiger partial charge is 0.251 e. The Morgan fingerprint density at radius 2 is 1.84 bits per heavy atom. The highest BCUT2D eigenvalue weighted by atomic mass is 19.1. The Kier molecular flexibility index (Phi) is 6.52. The van der Waals surface area contributed by atoms with Gasteiger partial charge in [0.25, 0.3) is 5.91 Å². The summed E-state index contributed by atoms with van der Waals surface area (Å²) in [6, 6.07) is 15.3. The van der Waals surface area contributed by atoms with E-state index in [0.29, 0.717) is 23.0 Å². The Bertz CT molecular complexity index is 1020. The number of nitrogen functional groups attached to an aromatic ring is 1. The number of benzene rings is 2. The Labute approximate surface area is 180 Å². The maximum absolute atomic E-state index is 13.5. The molecule has 1 fully saturated rings. The third-order valence-corrected chi connectivity index (χ3v) is 5.54. The Balaban J connectivity index is 1.51. The molecule has 4 rings (SSSR count). The van der Waals surface area contributed by atoms with Gasteiger partial charge >= 0.3 is 0 Å². The van der Waals surface area contributed by atoms with Crippen LogP contribution in [-0.2, 0) is 4.74 Å². The fourth-order valence-electron chi connectivity index (χ4n) is 3.73. The molecule has 0 bridgehead atoms. The second-order valence-corrected chi connectivity index (χ2v) is 7.58. The van der Waals surface area contributed by atoms with Crippen molar-refractivity contribution in [3.8, 4) is 11.3 Å². The molecule has 1 atom stereocenters. The molecule has 1 amide bonds. The zero-order chi connectivity index (χ0) is 21.6. The third-order valence-electron chi connectivity index (χ3n) is 5.54. The number of nitrogens with zero attached hydrogens (tertiary/aromatic N) is 2. The number of aromatic nitrogens is 2. The van der Waals surface area contributed by atoms with Crippen molar-refractivity contribution in [2.24, 2.45) is 0 Å². The van der Waals surface area contributed by atoms with Crippen LogP contribution in [0.4, 0.5) is 10.2 Å². The second-order valence-electron chi connectivity index (χ2n) is 7.58. The van der Waals surface area contributed by atoms with E-state index in [1.807, 2.05) is 18.2 Å². The van der Waals surface area contributed by atoms with Crippen LogP contribution in [0, 0.1) is 0 Å². The molecule has 7 heteroatoms. The number of rotatable bonds is 6. The minimum atomic E-state index is -0.689. The molecule has 1 aliphatic rings. The summed E-state index contributed by atoms with van der Waals surface area (Å²) in [4.78, 5) is 21.7. The third kappa shape index (κ3) is 4.88. The van der Waals surface area contributed by atoms with Gasteiger partial charge in [-0.15, -0.1) is 0 Å². The quantitative estimate of drug-likeness (QED) is 0.628. The van der Waals surface area contributed by atoms with Crippen molar-refractivity contribution in [3.05, 3.63) is 77.6 Å². The topological polar surface area (TPSA) is 90.1 Å². The van der Waals surface area contributed by atoms with E-state index < -0.39 is 12.7 Å². The van der Waals surface area contributed by atoms with Crippen LogP contribution in [0.3, 0.4) is 0 Å². The van der Waals surface area contributed by atoms with Crippen LogP contribution >= 0.6 is 0 Å². The predicted octanol–water partition coefficient (Wildman–Crippen LogP) is 4.06. The molecule has 160 valence electrons. The van der Waals surface area contributed by atoms with Gasteiger partial charge in [0.2, 0.25) is 0 Å². The van der Waals surface area contributed by atoms with Crippen molar-refractivity contribution < 1.29 is 13.9 Å². The van der Waals surface area contributed by atoms with E-state index in [-0.39, 0.29) is 5.91 Å². The van der Waals surface area contributed by atoms with Gasteiger partial charge in [-0.3, -0.25) is 4.79 Å². The molecule has 3 aromatic rings. The Hall–Kier alpha value is -3.32. The zero-order valence-corrected chi connectivity index (χ0v) is 17.1. The van der Waals surface area contributed by atoms with Crippen molar-refractivity contribution in [1.82, 2.24) is 15.3 Å². The normalized spacial score (nSPS) is 15.4. The molecule has 2 heterocycles. The number of hydrogen-bond acceptors (Lipinski definition) is 5. The highest BCUT2D eigenvalue weighted by Crippen LogP contribution is 2.29. The number of nitrogens with one attached hydrogen (secondary N) is 1. The van der Waals surface area contributed by atoms with E-state index in [2.05, 4.69) is 10.3 Å². The fourth-order valence-corrected chi connectivity index (χ4v) is 3.73. The zero-order valence-electron chi connectivity index (χ0n) is 17.1. The van der Waals surface area contributed by atoms with Gasteiger partial charge in [-0.2, -0.15) is 0 Å². The summed E-state index contributed by atoms with van der Waals surface area (Å²) in [5.41, 5.74) is 9.52. The summed E-state index contributed by atoms with van der Waals surface area (Å²) in [6.07, 6.45) is 3.56. The number of amides is 1. The number of carbonyl (C=O) groups excluding carboxylic acids is 1. The van der Waals surface area contributed by atoms with Crippen LogP contribution < -0.4 is 11.1 Å². The van der Waals surface area contributed by atoms with Gasteiger partial charge in [0, 0.05) is 30.3 Å². The molecular weight excluding hydrogens is 395 g/mol. The van der Waals surface area contributed by atoms with E-state index in [4.69, 9.17) is 15.5 Å². The molecular formula is C24H25FN4O2. The van der Waals surface area contributed by atoms with Crippen LogP contribution in [-0.4, -0.2) is 35.8 Å². The first-order valence-electron chi connectivity index (χ1n) is 10.4. The standard InChI is InChI=1S/C24H25FN4O2/c25-14-20(16-4-2-1-3-5-16)29-24(30)19-8-6-18(7-9-19)22-23(26)27-15-21(28-22)17-10-12-31-13-11-17/h1-9,15,17,20H,10-14H2,(H2,26,27)(H,29,30). The van der Waals surface area contributed by atoms with E-state index in [1.54, 1.807) is 42.6 Å². The van der Waals surface area contributed by atoms with E-state index in [0.717, 1.165) is 42.9 Å². The summed E-state index contributed by atoms with van der Waals surface area (Å²) in [7, 11) is 0. The Morgan fingerprint density at radius 1 is 1.13 bits per heavy atom. The van der Waals surface area contributed by atoms with Gasteiger partial charge in [0.15, 0.2) is 0 Å². The molecule has 1 aromatic heterocycles. The first kappa shape index (κ1) is 20.9. The largest absolute Gasteiger partial charge is 0.382 e. The lowest BCUT2D eigenvalue weighted by Crippen LogP contribution is -2.29. The summed E-state index contributed by atoms with van der Waals surface area (Å²) in [5, 5.41) is 2.74. The molecule has 6 nitrogen and oxygen atoms in total. The molecule has 2 aromatic carbocycles. The maximum Gasteiger partial charge on any atom is 0.251 e. The average Bonchev–Trinajstić information content (AvgIpc) is 2.84. The number of ether oxygens (including phenoxy) is 1. The van der Waals surface area contributed by atoms with Crippen LogP contribution in [0.1, 0.15) is 46.4 Å². The lowest BCUT2D eigenvalue weighted by molar-refractivity contribution is 0.0844. The van der Waals surface area contributed by atoms with E-state index in [9.17, 15) is 9.18 Å². The van der Waals surface area contributed by atoms with Crippen LogP contribution in [0.25, 0.3) is 11.3 Å². The van der Waals surface area contributed by atoms with Crippen molar-refractivity contribution in [2.75, 3.05) is 25.6 Å². The van der Waals surface area contributed by atoms with Crippen LogP contribution in [0.5, 0.6) is 0 Å². The van der Waals surface area contributed by atoms with Gasteiger partial charge in [-0.1, -0.05) is 42.5 Å². The van der Waals surface area contributed by atoms with Crippen molar-refractivity contribution in [1.29, 1.82) is 0 Å². The molecule has 0 saturated carbocycles. The summed E-state index contributed by atoms with van der Waals surface area (Å²) >= 11 is 0. The Morgan fingerprint density at radius 3 is 2.52 bits per heavy atom. The van der Waals surface area contributed by atoms with E-state index in [1.165, 1.54) is 0 Å². The van der Waals surface area contributed by atoms with Crippen molar-refractivity contribution in [3.63, 3.8) is 0 Å². The average molecular weight is 420 g/mol. The van der Waals surface area contributed by atoms with Gasteiger partial charge < -0.3 is 15.8 Å². The molecule has 1 saturated heterocycles. The first-order valence-corrected chi connectivity index (χ1v) is 10.4. The number of nitrogens with two attached hydrogens (primary N) is 1. The second kappa shape index (κ2) is 9.66. The van der Waals surface area contributed by atoms with Gasteiger partial charge in [0.05, 0.1) is 17.9 Å². The maximum atomic E-state index is 13.5. The summed E-state index contributed by atoms with van der Waals surface area (Å²) in [6.45, 7) is 0.760. The number of anilines is 1. The number of halogens is 1. The molecule has 0 radical (unpaired) electrons. The van der Waals surface area contributed by atoms with Gasteiger partial charge in [-0.25, -0.2) is 14.4 Å². The molecule has 31 heavy (non-hydrogen) atoms. The van der Waals surface area contributed by atoms with Gasteiger partial charge in [0.1, 0.15) is 18.2 Å². The number of carbonyl (C=O) groups is 1. The first-order chi connectivity index (χ1) is 15.2. The highest BCUT2D eigenvalue weighted by molar-refractivity contribution is 5.95. The lowest BCUT2D eigenvalue weighted by Gasteiger charge is -2.22. The van der Waals surface area contributed by atoms with Gasteiger partial charge in [-0.05, 0) is 30.5 Å². The molecule has 0 spiro atoms. The molecule has 1 aliphatic heterocycles. The SMILES string of the molecule is Nc1ncc(C2CCOCC2)nc1-c1ccc(C(=O)NC(CF)c2ccccc2)cc1. The summed E-state index contributed by atoms with van der Waals surface area (Å²) in [5.74, 6) is 0.309. The van der Waals surface area contributed by atoms with Crippen LogP contribution in [0.15, 0.2) is 60.8 Å². The van der Waals surface area contributed by atoms with E-state index >= 15 is 0 Å². The molecule has 3 N–H and O–H groups in total. The minimum Gasteiger partial charge on any atom is -0.382 e. The predicted molar refractivity (Wildman–Crippen MR) is 117 cm³/mol. The number of alkyl halides is 1. The van der Waals surface area contributed by atoms with Crippen molar-refractivity contribution >= 4 is 11.7 Å². The minimum absolute atomic E-state index is 0.307. The summed E-state index contributed by atoms with van der Waals surface area (Å²) < 4.78 is 18.9. The monoisotopic (exact) mass is 420 g/mol. The lowest BCUT2D eigenvalue weighted by atomic mass is 9.96. The molecule has 0 aliphatic carbocycles. The highest BCUT2D eigenvalue weighted by Gasteiger charge is 2.20. The van der Waals surface area contributed by atoms with Crippen LogP contribution in [0.2, 0.25) is 0 Å². The van der Waals surface area contributed by atoms with Crippen molar-refractivity contribution in [2.45, 2.75) is 24.8 Å². The molecule has 1 unspecified atom stereocenters. The number of hydrogen-bond donors (Lipinski definition) is 2.